The van der Waals surface area contributed by atoms with E-state index in [2.05, 4.69) is 4.98 Å². The van der Waals surface area contributed by atoms with Crippen LogP contribution in [0.3, 0.4) is 0 Å². The van der Waals surface area contributed by atoms with Gasteiger partial charge < -0.3 is 14.4 Å². The highest BCUT2D eigenvalue weighted by atomic mass is 19.1. The predicted molar refractivity (Wildman–Crippen MR) is 124 cm³/mol. The van der Waals surface area contributed by atoms with Gasteiger partial charge in [-0.2, -0.15) is 0 Å². The molecule has 3 aromatic carbocycles. The maximum absolute atomic E-state index is 13.5. The van der Waals surface area contributed by atoms with Gasteiger partial charge in [-0.15, -0.1) is 0 Å². The molecule has 0 saturated carbocycles. The van der Waals surface area contributed by atoms with Gasteiger partial charge in [0, 0.05) is 25.4 Å². The van der Waals surface area contributed by atoms with Gasteiger partial charge in [-0.25, -0.2) is 18.6 Å². The van der Waals surface area contributed by atoms with Gasteiger partial charge in [0.15, 0.2) is 0 Å². The Kier molecular flexibility index (Phi) is 7.01. The molecule has 1 N–H and O–H groups in total. The van der Waals surface area contributed by atoms with E-state index in [1.807, 2.05) is 11.6 Å². The molecule has 174 valence electrons. The van der Waals surface area contributed by atoms with E-state index in [9.17, 15) is 18.7 Å². The number of carbonyl (C=O) groups is 1. The normalized spacial score (nSPS) is 11.9. The largest absolute Gasteiger partial charge is 0.485 e. The quantitative estimate of drug-likeness (QED) is 0.355. The molecular formula is C27H24F2N2O3. The van der Waals surface area contributed by atoms with Crippen molar-refractivity contribution in [3.8, 4) is 5.75 Å². The van der Waals surface area contributed by atoms with Gasteiger partial charge in [0.25, 0.3) is 0 Å². The number of hydrogen-bond donors (Lipinski definition) is 1. The van der Waals surface area contributed by atoms with Gasteiger partial charge in [0.1, 0.15) is 23.5 Å². The summed E-state index contributed by atoms with van der Waals surface area (Å²) >= 11 is 0. The summed E-state index contributed by atoms with van der Waals surface area (Å²) in [5.74, 6) is -1.30. The molecular weight excluding hydrogens is 438 g/mol. The van der Waals surface area contributed by atoms with Crippen LogP contribution in [0.25, 0.3) is 0 Å². The van der Waals surface area contributed by atoms with E-state index in [1.54, 1.807) is 48.9 Å². The van der Waals surface area contributed by atoms with E-state index >= 15 is 0 Å². The van der Waals surface area contributed by atoms with Crippen LogP contribution < -0.4 is 4.74 Å². The molecule has 0 spiro atoms. The molecule has 0 aliphatic carbocycles. The van der Waals surface area contributed by atoms with Gasteiger partial charge in [-0.3, -0.25) is 0 Å². The fourth-order valence-electron chi connectivity index (χ4n) is 3.82. The average Bonchev–Trinajstić information content (AvgIpc) is 3.23. The Morgan fingerprint density at radius 2 is 1.68 bits per heavy atom. The highest BCUT2D eigenvalue weighted by Crippen LogP contribution is 2.28. The van der Waals surface area contributed by atoms with Crippen LogP contribution in [0, 0.1) is 11.6 Å². The van der Waals surface area contributed by atoms with Gasteiger partial charge >= 0.3 is 5.97 Å². The molecule has 0 bridgehead atoms. The van der Waals surface area contributed by atoms with Crippen LogP contribution >= 0.6 is 0 Å². The van der Waals surface area contributed by atoms with E-state index < -0.39 is 12.1 Å². The van der Waals surface area contributed by atoms with Gasteiger partial charge in [0.05, 0.1) is 11.9 Å². The summed E-state index contributed by atoms with van der Waals surface area (Å²) in [5, 5.41) is 9.79. The number of aromatic nitrogens is 2. The van der Waals surface area contributed by atoms with Crippen LogP contribution in [-0.2, 0) is 26.3 Å². The van der Waals surface area contributed by atoms with Crippen LogP contribution in [0.5, 0.6) is 5.75 Å². The van der Waals surface area contributed by atoms with Crippen molar-refractivity contribution in [2.24, 2.45) is 7.05 Å². The molecule has 1 unspecified atom stereocenters. The molecule has 34 heavy (non-hydrogen) atoms. The van der Waals surface area contributed by atoms with E-state index in [0.29, 0.717) is 30.6 Å². The second-order valence-electron chi connectivity index (χ2n) is 8.11. The molecule has 4 aromatic rings. The number of aryl methyl sites for hydroxylation is 3. The Labute approximate surface area is 196 Å². The summed E-state index contributed by atoms with van der Waals surface area (Å²) in [6.07, 6.45) is 4.50. The predicted octanol–water partition coefficient (Wildman–Crippen LogP) is 5.54. The van der Waals surface area contributed by atoms with Crippen LogP contribution in [-0.4, -0.2) is 20.6 Å². The van der Waals surface area contributed by atoms with E-state index in [1.165, 1.54) is 30.3 Å². The maximum Gasteiger partial charge on any atom is 0.336 e. The van der Waals surface area contributed by atoms with Crippen molar-refractivity contribution in [1.29, 1.82) is 0 Å². The number of hydrogen-bond acceptors (Lipinski definition) is 3. The Bertz CT molecular complexity index is 1270. The van der Waals surface area contributed by atoms with Crippen LogP contribution in [0.1, 0.15) is 38.8 Å². The van der Waals surface area contributed by atoms with Crippen LogP contribution in [0.2, 0.25) is 0 Å². The van der Waals surface area contributed by atoms with Crippen molar-refractivity contribution < 1.29 is 23.4 Å². The molecule has 4 rings (SSSR count). The first-order chi connectivity index (χ1) is 16.4. The molecule has 1 aromatic heterocycles. The van der Waals surface area contributed by atoms with Crippen molar-refractivity contribution in [1.82, 2.24) is 9.55 Å². The number of imidazole rings is 1. The van der Waals surface area contributed by atoms with Crippen molar-refractivity contribution in [2.45, 2.75) is 25.4 Å². The molecule has 0 radical (unpaired) electrons. The van der Waals surface area contributed by atoms with Crippen molar-refractivity contribution >= 4 is 5.97 Å². The highest BCUT2D eigenvalue weighted by molar-refractivity contribution is 5.90. The third-order valence-corrected chi connectivity index (χ3v) is 5.74. The minimum absolute atomic E-state index is 0.151. The number of ether oxygens (including phenoxy) is 1. The summed E-state index contributed by atoms with van der Waals surface area (Å²) in [6, 6.07) is 17.2. The lowest BCUT2D eigenvalue weighted by atomic mass is 9.99. The summed E-state index contributed by atoms with van der Waals surface area (Å²) in [7, 11) is 1.88. The topological polar surface area (TPSA) is 64.4 Å². The Balaban J connectivity index is 1.57. The number of benzene rings is 3. The number of carboxylic acid groups (broad SMARTS) is 1. The summed E-state index contributed by atoms with van der Waals surface area (Å²) < 4.78 is 34.7. The van der Waals surface area contributed by atoms with Gasteiger partial charge in [0.2, 0.25) is 0 Å². The van der Waals surface area contributed by atoms with Crippen molar-refractivity contribution in [2.75, 3.05) is 0 Å². The highest BCUT2D eigenvalue weighted by Gasteiger charge is 2.19. The monoisotopic (exact) mass is 462 g/mol. The van der Waals surface area contributed by atoms with Gasteiger partial charge in [-0.05, 0) is 65.9 Å². The number of carboxylic acids is 1. The molecule has 0 fully saturated rings. The molecule has 0 aliphatic heterocycles. The first-order valence-electron chi connectivity index (χ1n) is 10.9. The minimum Gasteiger partial charge on any atom is -0.485 e. The Morgan fingerprint density at radius 1 is 1.00 bits per heavy atom. The third-order valence-electron chi connectivity index (χ3n) is 5.74. The lowest BCUT2D eigenvalue weighted by Gasteiger charge is -2.21. The first kappa shape index (κ1) is 23.2. The van der Waals surface area contributed by atoms with E-state index in [-0.39, 0.29) is 17.2 Å². The summed E-state index contributed by atoms with van der Waals surface area (Å²) in [4.78, 5) is 16.1. The fraction of sp³-hybridized carbons (Fsp3) is 0.185. The molecule has 1 heterocycles. The molecule has 0 amide bonds. The zero-order chi connectivity index (χ0) is 24.1. The lowest BCUT2D eigenvalue weighted by Crippen LogP contribution is -2.14. The standard InChI is InChI=1S/C27H24F2N2O3/c1-31-17-30-16-23(31)14-26(20-6-11-22(29)12-7-20)34-24-13-8-19(25(15-24)27(32)33)5-2-18-3-9-21(28)10-4-18/h3-4,6-13,15-17,26H,2,5,14H2,1H3,(H,32,33). The number of nitrogens with zero attached hydrogens (tertiary/aromatic N) is 2. The number of aromatic carboxylic acids is 1. The first-order valence-corrected chi connectivity index (χ1v) is 10.9. The lowest BCUT2D eigenvalue weighted by molar-refractivity contribution is 0.0694. The fourth-order valence-corrected chi connectivity index (χ4v) is 3.82. The summed E-state index contributed by atoms with van der Waals surface area (Å²) in [6.45, 7) is 0. The number of halogens is 2. The van der Waals surface area contributed by atoms with Crippen molar-refractivity contribution in [3.63, 3.8) is 0 Å². The van der Waals surface area contributed by atoms with Gasteiger partial charge in [-0.1, -0.05) is 30.3 Å². The Morgan fingerprint density at radius 3 is 2.29 bits per heavy atom. The SMILES string of the molecule is Cn1cncc1CC(Oc1ccc(CCc2ccc(F)cc2)c(C(=O)O)c1)c1ccc(F)cc1. The molecule has 0 saturated heterocycles. The van der Waals surface area contributed by atoms with E-state index in [0.717, 1.165) is 16.8 Å². The molecule has 0 aliphatic rings. The third kappa shape index (κ3) is 5.67. The number of rotatable bonds is 9. The van der Waals surface area contributed by atoms with Crippen LogP contribution in [0.4, 0.5) is 8.78 Å². The Hall–Kier alpha value is -4.00. The van der Waals surface area contributed by atoms with Crippen molar-refractivity contribution in [3.05, 3.63) is 119 Å². The summed E-state index contributed by atoms with van der Waals surface area (Å²) in [5.41, 5.74) is 3.42. The maximum atomic E-state index is 13.5. The second kappa shape index (κ2) is 10.3. The average molecular weight is 462 g/mol. The zero-order valence-corrected chi connectivity index (χ0v) is 18.6. The molecule has 7 heteroatoms. The second-order valence-corrected chi connectivity index (χ2v) is 8.11. The van der Waals surface area contributed by atoms with Crippen LogP contribution in [0.15, 0.2) is 79.3 Å². The zero-order valence-electron chi connectivity index (χ0n) is 18.6. The molecule has 5 nitrogen and oxygen atoms in total. The van der Waals surface area contributed by atoms with E-state index in [4.69, 9.17) is 4.74 Å². The smallest absolute Gasteiger partial charge is 0.336 e. The minimum atomic E-state index is -1.05. The molecule has 1 atom stereocenters.